The van der Waals surface area contributed by atoms with Crippen LogP contribution in [0.4, 0.5) is 0 Å². The zero-order chi connectivity index (χ0) is 15.9. The van der Waals surface area contributed by atoms with E-state index in [1.807, 2.05) is 40.0 Å². The molecule has 5 nitrogen and oxygen atoms in total. The highest BCUT2D eigenvalue weighted by atomic mass is 32.1. The van der Waals surface area contributed by atoms with Gasteiger partial charge in [0, 0.05) is 35.8 Å². The summed E-state index contributed by atoms with van der Waals surface area (Å²) in [6.07, 6.45) is 1.39. The van der Waals surface area contributed by atoms with Crippen molar-refractivity contribution >= 4 is 22.2 Å². The van der Waals surface area contributed by atoms with Crippen molar-refractivity contribution in [1.29, 1.82) is 0 Å². The Hall–Kier alpha value is -1.69. The summed E-state index contributed by atoms with van der Waals surface area (Å²) in [5.74, 6) is -0.289. The van der Waals surface area contributed by atoms with E-state index >= 15 is 0 Å². The van der Waals surface area contributed by atoms with Gasteiger partial charge < -0.3 is 4.90 Å². The number of carbonyl (C=O) groups is 1. The van der Waals surface area contributed by atoms with Crippen LogP contribution in [0.1, 0.15) is 50.7 Å². The van der Waals surface area contributed by atoms with Gasteiger partial charge in [-0.15, -0.1) is 11.3 Å². The van der Waals surface area contributed by atoms with E-state index in [1.54, 1.807) is 16.3 Å². The van der Waals surface area contributed by atoms with Crippen LogP contribution in [0.15, 0.2) is 16.4 Å². The van der Waals surface area contributed by atoms with E-state index in [-0.39, 0.29) is 28.5 Å². The van der Waals surface area contributed by atoms with Crippen LogP contribution < -0.4 is 5.56 Å². The van der Waals surface area contributed by atoms with Crippen LogP contribution in [-0.4, -0.2) is 33.3 Å². The van der Waals surface area contributed by atoms with Crippen molar-refractivity contribution in [3.63, 3.8) is 0 Å². The van der Waals surface area contributed by atoms with Crippen LogP contribution in [0.3, 0.4) is 0 Å². The second-order valence-corrected chi connectivity index (χ2v) is 7.31. The van der Waals surface area contributed by atoms with Gasteiger partial charge in [-0.3, -0.25) is 14.0 Å². The second kappa shape index (κ2) is 5.26. The molecule has 0 aliphatic carbocycles. The predicted octanol–water partition coefficient (Wildman–Crippen LogP) is 2.53. The monoisotopic (exact) mass is 307 g/mol. The Balaban J connectivity index is 2.67. The summed E-state index contributed by atoms with van der Waals surface area (Å²) in [6.45, 7) is 9.93. The predicted molar refractivity (Wildman–Crippen MR) is 85.3 cm³/mol. The molecule has 0 unspecified atom stereocenters. The molecule has 6 heteroatoms. The third-order valence-electron chi connectivity index (χ3n) is 3.54. The molecule has 0 aromatic carbocycles. The van der Waals surface area contributed by atoms with Crippen molar-refractivity contribution in [1.82, 2.24) is 14.3 Å². The molecule has 0 saturated heterocycles. The van der Waals surface area contributed by atoms with Crippen LogP contribution in [-0.2, 0) is 5.41 Å². The Morgan fingerprint density at radius 2 is 2.00 bits per heavy atom. The lowest BCUT2D eigenvalue weighted by molar-refractivity contribution is 0.0752. The number of nitrogens with zero attached hydrogens (tertiary/aromatic N) is 3. The molecule has 0 saturated carbocycles. The maximum Gasteiger partial charge on any atom is 0.271 e. The lowest BCUT2D eigenvalue weighted by Crippen LogP contribution is -2.37. The van der Waals surface area contributed by atoms with Crippen molar-refractivity contribution in [3.8, 4) is 0 Å². The van der Waals surface area contributed by atoms with Crippen molar-refractivity contribution in [3.05, 3.63) is 33.2 Å². The Kier molecular flexibility index (Phi) is 3.93. The van der Waals surface area contributed by atoms with Crippen LogP contribution in [0.25, 0.3) is 4.96 Å². The summed E-state index contributed by atoms with van der Waals surface area (Å²) < 4.78 is 1.56. The molecule has 0 spiro atoms. The van der Waals surface area contributed by atoms with Crippen LogP contribution >= 0.6 is 11.3 Å². The first-order valence-corrected chi connectivity index (χ1v) is 7.79. The number of carbonyl (C=O) groups excluding carboxylic acids is 1. The third kappa shape index (κ3) is 2.72. The lowest BCUT2D eigenvalue weighted by Gasteiger charge is -2.21. The summed E-state index contributed by atoms with van der Waals surface area (Å²) in [4.78, 5) is 31.6. The molecule has 1 amide bonds. The van der Waals surface area contributed by atoms with Crippen LogP contribution in [0.5, 0.6) is 0 Å². The average Bonchev–Trinajstić information content (AvgIpc) is 2.82. The molecular formula is C15H21N3O2S. The summed E-state index contributed by atoms with van der Waals surface area (Å²) >= 11 is 1.42. The zero-order valence-corrected chi connectivity index (χ0v) is 14.1. The fourth-order valence-corrected chi connectivity index (χ4v) is 3.06. The highest BCUT2D eigenvalue weighted by molar-refractivity contribution is 7.15. The topological polar surface area (TPSA) is 54.7 Å². The number of amides is 1. The van der Waals surface area contributed by atoms with Gasteiger partial charge in [-0.25, -0.2) is 4.98 Å². The molecular weight excluding hydrogens is 286 g/mol. The number of hydrogen-bond donors (Lipinski definition) is 0. The first-order chi connectivity index (χ1) is 9.64. The molecule has 2 rings (SSSR count). The zero-order valence-electron chi connectivity index (χ0n) is 13.3. The summed E-state index contributed by atoms with van der Waals surface area (Å²) in [5.41, 5.74) is 0.521. The minimum atomic E-state index is -0.289. The molecule has 2 aromatic rings. The Morgan fingerprint density at radius 1 is 1.38 bits per heavy atom. The van der Waals surface area contributed by atoms with E-state index in [0.29, 0.717) is 4.96 Å². The molecule has 114 valence electrons. The van der Waals surface area contributed by atoms with E-state index in [2.05, 4.69) is 4.98 Å². The number of aromatic nitrogens is 2. The van der Waals surface area contributed by atoms with E-state index in [4.69, 9.17) is 0 Å². The number of fused-ring (bicyclic) bond motifs is 1. The summed E-state index contributed by atoms with van der Waals surface area (Å²) in [5, 5.41) is 1.93. The third-order valence-corrected chi connectivity index (χ3v) is 4.38. The fourth-order valence-electron chi connectivity index (χ4n) is 1.98. The molecule has 0 N–H and O–H groups in total. The molecule has 0 atom stereocenters. The number of thiazole rings is 1. The summed E-state index contributed by atoms with van der Waals surface area (Å²) in [7, 11) is 1.69. The Bertz CT molecular complexity index is 737. The number of hydrogen-bond acceptors (Lipinski definition) is 4. The molecule has 21 heavy (non-hydrogen) atoms. The van der Waals surface area contributed by atoms with Gasteiger partial charge in [0.15, 0.2) is 4.96 Å². The van der Waals surface area contributed by atoms with Gasteiger partial charge in [0.1, 0.15) is 5.56 Å². The average molecular weight is 307 g/mol. The van der Waals surface area contributed by atoms with Gasteiger partial charge in [0.2, 0.25) is 0 Å². The smallest absolute Gasteiger partial charge is 0.271 e. The first-order valence-electron chi connectivity index (χ1n) is 6.91. The molecule has 2 aromatic heterocycles. The second-order valence-electron chi connectivity index (χ2n) is 6.48. The van der Waals surface area contributed by atoms with Crippen molar-refractivity contribution in [2.45, 2.75) is 46.1 Å². The molecule has 0 radical (unpaired) electrons. The minimum absolute atomic E-state index is 0.0298. The molecule has 0 bridgehead atoms. The highest BCUT2D eigenvalue weighted by Crippen LogP contribution is 2.25. The highest BCUT2D eigenvalue weighted by Gasteiger charge is 2.24. The summed E-state index contributed by atoms with van der Waals surface area (Å²) in [6, 6.07) is 0.0298. The molecule has 0 aliphatic heterocycles. The largest absolute Gasteiger partial charge is 0.339 e. The van der Waals surface area contributed by atoms with Crippen molar-refractivity contribution in [2.75, 3.05) is 7.05 Å². The molecule has 2 heterocycles. The molecule has 0 aliphatic rings. The van der Waals surface area contributed by atoms with Gasteiger partial charge in [0.05, 0.1) is 0 Å². The molecule has 0 fully saturated rings. The van der Waals surface area contributed by atoms with Gasteiger partial charge >= 0.3 is 0 Å². The SMILES string of the molecule is CC(C)N(C)C(=O)c1cnc2scc(C(C)(C)C)n2c1=O. The minimum Gasteiger partial charge on any atom is -0.339 e. The standard InChI is InChI=1S/C15H21N3O2S/c1-9(2)17(6)12(19)10-7-16-14-18(13(10)20)11(8-21-14)15(3,4)5/h7-9H,1-6H3. The van der Waals surface area contributed by atoms with Gasteiger partial charge in [-0.05, 0) is 13.8 Å². The first kappa shape index (κ1) is 15.7. The van der Waals surface area contributed by atoms with Gasteiger partial charge in [0.25, 0.3) is 11.5 Å². The van der Waals surface area contributed by atoms with Crippen LogP contribution in [0, 0.1) is 0 Å². The maximum absolute atomic E-state index is 12.7. The van der Waals surface area contributed by atoms with E-state index in [1.165, 1.54) is 17.5 Å². The lowest BCUT2D eigenvalue weighted by atomic mass is 9.93. The van der Waals surface area contributed by atoms with Crippen LogP contribution in [0.2, 0.25) is 0 Å². The maximum atomic E-state index is 12.7. The van der Waals surface area contributed by atoms with E-state index < -0.39 is 0 Å². The van der Waals surface area contributed by atoms with Gasteiger partial charge in [-0.2, -0.15) is 0 Å². The van der Waals surface area contributed by atoms with Gasteiger partial charge in [-0.1, -0.05) is 20.8 Å². The van der Waals surface area contributed by atoms with E-state index in [9.17, 15) is 9.59 Å². The normalized spacial score (nSPS) is 12.1. The van der Waals surface area contributed by atoms with Crippen molar-refractivity contribution in [2.24, 2.45) is 0 Å². The Morgan fingerprint density at radius 3 is 2.52 bits per heavy atom. The number of rotatable bonds is 2. The fraction of sp³-hybridized carbons (Fsp3) is 0.533. The quantitative estimate of drug-likeness (QED) is 0.856. The van der Waals surface area contributed by atoms with Crippen molar-refractivity contribution < 1.29 is 4.79 Å². The van der Waals surface area contributed by atoms with E-state index in [0.717, 1.165) is 5.69 Å². The Labute approximate surface area is 128 Å².